The van der Waals surface area contributed by atoms with Gasteiger partial charge in [0.1, 0.15) is 5.75 Å². The molecule has 0 bridgehead atoms. The van der Waals surface area contributed by atoms with Gasteiger partial charge in [-0.2, -0.15) is 0 Å². The van der Waals surface area contributed by atoms with E-state index < -0.39 is 0 Å². The molecule has 2 aromatic carbocycles. The normalized spacial score (nSPS) is 12.1. The molecule has 2 rings (SSSR count). The molecule has 0 radical (unpaired) electrons. The third-order valence-corrected chi connectivity index (χ3v) is 3.35. The molecule has 0 fully saturated rings. The van der Waals surface area contributed by atoms with Crippen molar-refractivity contribution in [3.63, 3.8) is 0 Å². The van der Waals surface area contributed by atoms with Gasteiger partial charge in [-0.05, 0) is 42.8 Å². The van der Waals surface area contributed by atoms with Gasteiger partial charge in [0.15, 0.2) is 0 Å². The average Bonchev–Trinajstić information content (AvgIpc) is 2.47. The van der Waals surface area contributed by atoms with Crippen molar-refractivity contribution in [3.05, 3.63) is 59.7 Å². The van der Waals surface area contributed by atoms with E-state index in [1.807, 2.05) is 37.4 Å². The molecule has 0 unspecified atom stereocenters. The predicted octanol–water partition coefficient (Wildman–Crippen LogP) is 2.78. The topological polar surface area (TPSA) is 47.3 Å². The zero-order valence-corrected chi connectivity index (χ0v) is 11.4. The fourth-order valence-electron chi connectivity index (χ4n) is 2.16. The summed E-state index contributed by atoms with van der Waals surface area (Å²) >= 11 is 0. The second-order valence-electron chi connectivity index (χ2n) is 4.52. The Morgan fingerprint density at radius 2 is 1.79 bits per heavy atom. The van der Waals surface area contributed by atoms with E-state index in [-0.39, 0.29) is 6.04 Å². The number of benzene rings is 2. The van der Waals surface area contributed by atoms with Gasteiger partial charge < -0.3 is 15.8 Å². The zero-order valence-electron chi connectivity index (χ0n) is 11.4. The average molecular weight is 256 g/mol. The van der Waals surface area contributed by atoms with Crippen LogP contribution in [0.1, 0.15) is 17.2 Å². The van der Waals surface area contributed by atoms with Crippen molar-refractivity contribution in [2.24, 2.45) is 0 Å². The standard InChI is InChI=1S/C16H20N2O/c1-18-16(11-13-5-3-4-6-15(13)17)12-7-9-14(19-2)10-8-12/h3-10,16,18H,11,17H2,1-2H3/t16-/m1/s1. The van der Waals surface area contributed by atoms with Gasteiger partial charge >= 0.3 is 0 Å². The van der Waals surface area contributed by atoms with Gasteiger partial charge in [-0.15, -0.1) is 0 Å². The van der Waals surface area contributed by atoms with Crippen molar-refractivity contribution in [1.82, 2.24) is 5.32 Å². The van der Waals surface area contributed by atoms with Gasteiger partial charge in [0.05, 0.1) is 7.11 Å². The Balaban J connectivity index is 2.17. The Kier molecular flexibility index (Phi) is 4.42. The van der Waals surface area contributed by atoms with E-state index in [2.05, 4.69) is 23.5 Å². The monoisotopic (exact) mass is 256 g/mol. The van der Waals surface area contributed by atoms with E-state index in [1.54, 1.807) is 7.11 Å². The molecule has 3 heteroatoms. The smallest absolute Gasteiger partial charge is 0.118 e. The molecule has 0 saturated carbocycles. The fourth-order valence-corrected chi connectivity index (χ4v) is 2.16. The minimum absolute atomic E-state index is 0.246. The largest absolute Gasteiger partial charge is 0.497 e. The summed E-state index contributed by atoms with van der Waals surface area (Å²) in [5.41, 5.74) is 9.24. The Bertz CT molecular complexity index is 523. The van der Waals surface area contributed by atoms with Crippen LogP contribution in [0.25, 0.3) is 0 Å². The molecule has 3 nitrogen and oxygen atoms in total. The summed E-state index contributed by atoms with van der Waals surface area (Å²) in [7, 11) is 3.64. The first-order valence-electron chi connectivity index (χ1n) is 6.39. The number of nitrogen functional groups attached to an aromatic ring is 1. The molecule has 100 valence electrons. The van der Waals surface area contributed by atoms with Crippen LogP contribution in [-0.2, 0) is 6.42 Å². The van der Waals surface area contributed by atoms with Crippen LogP contribution < -0.4 is 15.8 Å². The van der Waals surface area contributed by atoms with Crippen molar-refractivity contribution in [1.29, 1.82) is 0 Å². The summed E-state index contributed by atoms with van der Waals surface area (Å²) in [6.07, 6.45) is 0.871. The number of methoxy groups -OCH3 is 1. The van der Waals surface area contributed by atoms with Crippen LogP contribution >= 0.6 is 0 Å². The highest BCUT2D eigenvalue weighted by Crippen LogP contribution is 2.23. The lowest BCUT2D eigenvalue weighted by atomic mass is 9.98. The maximum absolute atomic E-state index is 6.00. The molecule has 0 aliphatic heterocycles. The van der Waals surface area contributed by atoms with E-state index in [9.17, 15) is 0 Å². The second kappa shape index (κ2) is 6.25. The molecule has 0 spiro atoms. The van der Waals surface area contributed by atoms with Crippen LogP contribution in [0.2, 0.25) is 0 Å². The third kappa shape index (κ3) is 3.26. The van der Waals surface area contributed by atoms with E-state index in [0.29, 0.717) is 0 Å². The quantitative estimate of drug-likeness (QED) is 0.809. The van der Waals surface area contributed by atoms with Crippen LogP contribution in [0.5, 0.6) is 5.75 Å². The molecule has 2 aromatic rings. The number of likely N-dealkylation sites (N-methyl/N-ethyl adjacent to an activating group) is 1. The van der Waals surface area contributed by atoms with Gasteiger partial charge in [-0.3, -0.25) is 0 Å². The third-order valence-electron chi connectivity index (χ3n) is 3.35. The number of nitrogens with one attached hydrogen (secondary N) is 1. The van der Waals surface area contributed by atoms with E-state index in [1.165, 1.54) is 5.56 Å². The number of para-hydroxylation sites is 1. The summed E-state index contributed by atoms with van der Waals surface area (Å²) in [6, 6.07) is 16.4. The number of hydrogen-bond donors (Lipinski definition) is 2. The summed E-state index contributed by atoms with van der Waals surface area (Å²) in [5, 5.41) is 3.34. The molecular formula is C16H20N2O. The van der Waals surface area contributed by atoms with Crippen molar-refractivity contribution in [3.8, 4) is 5.75 Å². The Morgan fingerprint density at radius 3 is 2.37 bits per heavy atom. The summed E-state index contributed by atoms with van der Waals surface area (Å²) in [6.45, 7) is 0. The van der Waals surface area contributed by atoms with E-state index in [0.717, 1.165) is 23.4 Å². The van der Waals surface area contributed by atoms with Crippen molar-refractivity contribution in [2.75, 3.05) is 19.9 Å². The molecule has 0 saturated heterocycles. The minimum Gasteiger partial charge on any atom is -0.497 e. The van der Waals surface area contributed by atoms with E-state index >= 15 is 0 Å². The van der Waals surface area contributed by atoms with Crippen LogP contribution in [0.4, 0.5) is 5.69 Å². The first kappa shape index (κ1) is 13.4. The number of rotatable bonds is 5. The highest BCUT2D eigenvalue weighted by molar-refractivity contribution is 5.47. The summed E-state index contributed by atoms with van der Waals surface area (Å²) < 4.78 is 5.18. The Hall–Kier alpha value is -2.00. The van der Waals surface area contributed by atoms with Gasteiger partial charge in [0.25, 0.3) is 0 Å². The van der Waals surface area contributed by atoms with Crippen molar-refractivity contribution < 1.29 is 4.74 Å². The lowest BCUT2D eigenvalue weighted by Gasteiger charge is -2.18. The highest BCUT2D eigenvalue weighted by Gasteiger charge is 2.11. The molecule has 0 aromatic heterocycles. The Labute approximate surface area is 114 Å². The second-order valence-corrected chi connectivity index (χ2v) is 4.52. The predicted molar refractivity (Wildman–Crippen MR) is 79.4 cm³/mol. The number of ether oxygens (including phenoxy) is 1. The van der Waals surface area contributed by atoms with Crippen molar-refractivity contribution in [2.45, 2.75) is 12.5 Å². The molecule has 0 aliphatic rings. The zero-order chi connectivity index (χ0) is 13.7. The number of nitrogens with two attached hydrogens (primary N) is 1. The first-order chi connectivity index (χ1) is 9.24. The lowest BCUT2D eigenvalue weighted by molar-refractivity contribution is 0.414. The Morgan fingerprint density at radius 1 is 1.11 bits per heavy atom. The summed E-state index contributed by atoms with van der Waals surface area (Å²) in [4.78, 5) is 0. The number of anilines is 1. The van der Waals surface area contributed by atoms with Gasteiger partial charge in [-0.25, -0.2) is 0 Å². The summed E-state index contributed by atoms with van der Waals surface area (Å²) in [5.74, 6) is 0.873. The van der Waals surface area contributed by atoms with Crippen LogP contribution in [0, 0.1) is 0 Å². The molecule has 1 atom stereocenters. The molecule has 3 N–H and O–H groups in total. The fraction of sp³-hybridized carbons (Fsp3) is 0.250. The molecule has 0 heterocycles. The van der Waals surface area contributed by atoms with Crippen LogP contribution in [-0.4, -0.2) is 14.2 Å². The molecule has 0 amide bonds. The van der Waals surface area contributed by atoms with Gasteiger partial charge in [0, 0.05) is 11.7 Å². The maximum Gasteiger partial charge on any atom is 0.118 e. The van der Waals surface area contributed by atoms with E-state index in [4.69, 9.17) is 10.5 Å². The SMILES string of the molecule is CN[C@H](Cc1ccccc1N)c1ccc(OC)cc1. The van der Waals surface area contributed by atoms with Gasteiger partial charge in [-0.1, -0.05) is 30.3 Å². The molecular weight excluding hydrogens is 236 g/mol. The first-order valence-corrected chi connectivity index (χ1v) is 6.39. The van der Waals surface area contributed by atoms with Crippen molar-refractivity contribution >= 4 is 5.69 Å². The highest BCUT2D eigenvalue weighted by atomic mass is 16.5. The lowest BCUT2D eigenvalue weighted by Crippen LogP contribution is -2.19. The minimum atomic E-state index is 0.246. The van der Waals surface area contributed by atoms with Gasteiger partial charge in [0.2, 0.25) is 0 Å². The van der Waals surface area contributed by atoms with Crippen LogP contribution in [0.15, 0.2) is 48.5 Å². The van der Waals surface area contributed by atoms with Crippen LogP contribution in [0.3, 0.4) is 0 Å². The molecule has 19 heavy (non-hydrogen) atoms. The maximum atomic E-state index is 6.00. The molecule has 0 aliphatic carbocycles. The number of hydrogen-bond acceptors (Lipinski definition) is 3.